The second kappa shape index (κ2) is 13.8. The second-order valence-corrected chi connectivity index (χ2v) is 11.4. The van der Waals surface area contributed by atoms with Crippen LogP contribution in [0.2, 0.25) is 0 Å². The van der Waals surface area contributed by atoms with Crippen molar-refractivity contribution in [3.63, 3.8) is 0 Å². The second-order valence-electron chi connectivity index (χ2n) is 11.4. The van der Waals surface area contributed by atoms with Gasteiger partial charge >= 0.3 is 24.3 Å². The van der Waals surface area contributed by atoms with E-state index in [0.717, 1.165) is 44.6 Å². The molecule has 250 valence electrons. The average Bonchev–Trinajstić information content (AvgIpc) is 2.96. The van der Waals surface area contributed by atoms with Crippen LogP contribution in [0.3, 0.4) is 0 Å². The van der Waals surface area contributed by atoms with Crippen molar-refractivity contribution in [3.8, 4) is 0 Å². The maximum atomic E-state index is 14.3. The fraction of sp³-hybridized carbons (Fsp3) is 0.424. The van der Waals surface area contributed by atoms with Gasteiger partial charge in [-0.05, 0) is 30.1 Å². The minimum absolute atomic E-state index is 0.00291. The largest absolute Gasteiger partial charge is 0.458 e. The molecule has 0 saturated carbocycles. The molecule has 0 unspecified atom stereocenters. The fourth-order valence-corrected chi connectivity index (χ4v) is 5.51. The summed E-state index contributed by atoms with van der Waals surface area (Å²) >= 11 is 0. The first kappa shape index (κ1) is 36.5. The maximum absolute atomic E-state index is 14.3. The third-order valence-electron chi connectivity index (χ3n) is 7.80. The lowest BCUT2D eigenvalue weighted by Crippen LogP contribution is -2.52. The molecule has 46 heavy (non-hydrogen) atoms. The quantitative estimate of drug-likeness (QED) is 0.150. The molecule has 13 heteroatoms. The van der Waals surface area contributed by atoms with Crippen LogP contribution >= 0.6 is 0 Å². The molecular weight excluding hydrogens is 622 g/mol. The zero-order chi connectivity index (χ0) is 34.6. The summed E-state index contributed by atoms with van der Waals surface area (Å²) in [5.74, 6) is -4.63. The van der Waals surface area contributed by atoms with Gasteiger partial charge in [-0.3, -0.25) is 4.79 Å². The predicted molar refractivity (Wildman–Crippen MR) is 153 cm³/mol. The van der Waals surface area contributed by atoms with Crippen molar-refractivity contribution in [2.75, 3.05) is 20.8 Å². The highest BCUT2D eigenvalue weighted by Gasteiger charge is 2.65. The Morgan fingerprint density at radius 1 is 0.848 bits per heavy atom. The number of rotatable bonds is 11. The van der Waals surface area contributed by atoms with Gasteiger partial charge in [-0.25, -0.2) is 9.59 Å². The topological polar surface area (TPSA) is 88.1 Å². The van der Waals surface area contributed by atoms with Crippen LogP contribution in [0.4, 0.5) is 26.3 Å². The van der Waals surface area contributed by atoms with E-state index in [1.165, 1.54) is 55.5 Å². The molecule has 1 aliphatic carbocycles. The molecule has 2 aromatic rings. The van der Waals surface area contributed by atoms with Crippen LogP contribution in [0.25, 0.3) is 0 Å². The molecule has 1 aliphatic rings. The van der Waals surface area contributed by atoms with Gasteiger partial charge in [0.2, 0.25) is 0 Å². The Morgan fingerprint density at radius 3 is 1.74 bits per heavy atom. The zero-order valence-electron chi connectivity index (χ0n) is 25.7. The van der Waals surface area contributed by atoms with Crippen molar-refractivity contribution in [2.45, 2.75) is 56.9 Å². The van der Waals surface area contributed by atoms with Crippen molar-refractivity contribution in [3.05, 3.63) is 95.6 Å². The molecule has 0 aliphatic heterocycles. The number of esters is 2. The Bertz CT molecular complexity index is 1450. The number of hydrogen-bond acceptors (Lipinski definition) is 7. The van der Waals surface area contributed by atoms with Crippen LogP contribution < -0.4 is 0 Å². The number of allylic oxidation sites excluding steroid dienone is 2. The van der Waals surface area contributed by atoms with Gasteiger partial charge in [0.15, 0.2) is 5.78 Å². The first-order chi connectivity index (χ1) is 21.4. The van der Waals surface area contributed by atoms with E-state index in [9.17, 15) is 40.7 Å². The number of carbonyl (C=O) groups is 3. The van der Waals surface area contributed by atoms with E-state index in [1.54, 1.807) is 13.8 Å². The van der Waals surface area contributed by atoms with E-state index in [4.69, 9.17) is 18.9 Å². The first-order valence-electron chi connectivity index (χ1n) is 14.0. The highest BCUT2D eigenvalue weighted by atomic mass is 19.4. The molecule has 0 radical (unpaired) electrons. The Hall–Kier alpha value is -3.97. The molecule has 0 N–H and O–H groups in total. The number of hydrogen-bond donors (Lipinski definition) is 0. The van der Waals surface area contributed by atoms with Gasteiger partial charge in [-0.1, -0.05) is 80.6 Å². The summed E-state index contributed by atoms with van der Waals surface area (Å²) in [6.07, 6.45) is -7.81. The normalized spacial score (nSPS) is 20.3. The van der Waals surface area contributed by atoms with Gasteiger partial charge in [-0.15, -0.1) is 0 Å². The number of halogens is 6. The molecule has 0 saturated heterocycles. The predicted octanol–water partition coefficient (Wildman–Crippen LogP) is 6.77. The van der Waals surface area contributed by atoms with Gasteiger partial charge in [0.25, 0.3) is 11.2 Å². The van der Waals surface area contributed by atoms with E-state index in [0.29, 0.717) is 0 Å². The van der Waals surface area contributed by atoms with Gasteiger partial charge in [-0.2, -0.15) is 26.3 Å². The molecule has 0 fully saturated rings. The van der Waals surface area contributed by atoms with E-state index >= 15 is 0 Å². The van der Waals surface area contributed by atoms with Gasteiger partial charge < -0.3 is 18.9 Å². The molecule has 0 bridgehead atoms. The van der Waals surface area contributed by atoms with Gasteiger partial charge in [0.05, 0.1) is 0 Å². The third kappa shape index (κ3) is 7.05. The highest BCUT2D eigenvalue weighted by molar-refractivity contribution is 5.92. The number of benzene rings is 2. The van der Waals surface area contributed by atoms with E-state index < -0.39 is 70.7 Å². The SMILES string of the molecule is CO[C@@](C(=O)OCC1=CC(=O)CC(C)(C)[C@H]1/C=C/[C@H](C)OC(=O)[C@](OC)(c1ccccc1)C(F)(F)F)(c1ccccc1)C(F)(F)F. The minimum atomic E-state index is -5.22. The highest BCUT2D eigenvalue weighted by Crippen LogP contribution is 2.45. The number of ketones is 1. The molecule has 7 nitrogen and oxygen atoms in total. The summed E-state index contributed by atoms with van der Waals surface area (Å²) in [5.41, 5.74) is -8.64. The molecule has 0 aromatic heterocycles. The number of ether oxygens (including phenoxy) is 4. The molecule has 4 atom stereocenters. The smallest absolute Gasteiger partial charge is 0.432 e. The van der Waals surface area contributed by atoms with Crippen molar-refractivity contribution in [2.24, 2.45) is 11.3 Å². The van der Waals surface area contributed by atoms with Gasteiger partial charge in [0, 0.05) is 37.7 Å². The summed E-state index contributed by atoms with van der Waals surface area (Å²) in [5, 5.41) is 0. The minimum Gasteiger partial charge on any atom is -0.458 e. The lowest BCUT2D eigenvalue weighted by Gasteiger charge is -2.38. The monoisotopic (exact) mass is 656 g/mol. The van der Waals surface area contributed by atoms with Crippen LogP contribution in [0, 0.1) is 11.3 Å². The van der Waals surface area contributed by atoms with Crippen LogP contribution in [-0.4, -0.2) is 57.0 Å². The lowest BCUT2D eigenvalue weighted by molar-refractivity contribution is -0.277. The summed E-state index contributed by atoms with van der Waals surface area (Å²) in [7, 11) is 1.45. The van der Waals surface area contributed by atoms with Gasteiger partial charge in [0.1, 0.15) is 12.7 Å². The van der Waals surface area contributed by atoms with Crippen LogP contribution in [0.1, 0.15) is 38.3 Å². The molecule has 3 rings (SSSR count). The Balaban J connectivity index is 1.88. The Kier molecular flexibility index (Phi) is 10.9. The number of carbonyl (C=O) groups excluding carboxylic acids is 3. The number of methoxy groups -OCH3 is 2. The lowest BCUT2D eigenvalue weighted by atomic mass is 9.68. The standard InChI is InChI=1S/C33H34F6O7/c1-21(46-28(42)31(44-5,33(37,38)39)24-14-10-7-11-15-24)16-17-26-22(18-25(40)19-29(26,2)3)20-45-27(41)30(43-4,32(34,35)36)23-12-8-6-9-13-23/h6-18,21,26H,19-20H2,1-5H3/b17-16+/t21-,26-,30+,31+/m0/s1. The van der Waals surface area contributed by atoms with Crippen LogP contribution in [-0.2, 0) is 44.5 Å². The maximum Gasteiger partial charge on any atom is 0.432 e. The summed E-state index contributed by atoms with van der Waals surface area (Å²) in [4.78, 5) is 38.6. The molecule has 0 heterocycles. The summed E-state index contributed by atoms with van der Waals surface area (Å²) < 4.78 is 106. The van der Waals surface area contributed by atoms with Crippen molar-refractivity contribution >= 4 is 17.7 Å². The molecule has 0 spiro atoms. The van der Waals surface area contributed by atoms with E-state index in [1.807, 2.05) is 0 Å². The van der Waals surface area contributed by atoms with E-state index in [2.05, 4.69) is 0 Å². The summed E-state index contributed by atoms with van der Waals surface area (Å²) in [6.45, 7) is 3.93. The molecule has 0 amide bonds. The fourth-order valence-electron chi connectivity index (χ4n) is 5.51. The first-order valence-corrected chi connectivity index (χ1v) is 14.0. The molecule has 2 aromatic carbocycles. The van der Waals surface area contributed by atoms with Crippen molar-refractivity contribution < 1.29 is 59.7 Å². The van der Waals surface area contributed by atoms with Crippen molar-refractivity contribution in [1.82, 2.24) is 0 Å². The van der Waals surface area contributed by atoms with Crippen LogP contribution in [0.5, 0.6) is 0 Å². The van der Waals surface area contributed by atoms with Crippen molar-refractivity contribution in [1.29, 1.82) is 0 Å². The number of alkyl halides is 6. The van der Waals surface area contributed by atoms with E-state index in [-0.39, 0.29) is 17.8 Å². The molecular formula is C33H34F6O7. The summed E-state index contributed by atoms with van der Waals surface area (Å²) in [6, 6.07) is 12.4. The zero-order valence-corrected chi connectivity index (χ0v) is 25.7. The Labute approximate surface area is 262 Å². The third-order valence-corrected chi connectivity index (χ3v) is 7.80. The Morgan fingerprint density at radius 2 is 1.30 bits per heavy atom. The average molecular weight is 657 g/mol. The van der Waals surface area contributed by atoms with Crippen LogP contribution in [0.15, 0.2) is 84.5 Å².